The highest BCUT2D eigenvalue weighted by Crippen LogP contribution is 2.23. The van der Waals surface area contributed by atoms with Crippen molar-refractivity contribution in [1.29, 1.82) is 0 Å². The van der Waals surface area contributed by atoms with Crippen LogP contribution in [0.3, 0.4) is 0 Å². The van der Waals surface area contributed by atoms with Crippen LogP contribution >= 0.6 is 8.25 Å². The number of fused-ring (bicyclic) bond motifs is 1. The average molecular weight is 441 g/mol. The predicted molar refractivity (Wildman–Crippen MR) is 128 cm³/mol. The normalized spacial score (nSPS) is 12.3. The van der Waals surface area contributed by atoms with Gasteiger partial charge in [0.25, 0.3) is 0 Å². The first-order valence-corrected chi connectivity index (χ1v) is 12.5. The number of nitrogens with one attached hydrogen (secondary N) is 1. The van der Waals surface area contributed by atoms with Gasteiger partial charge in [-0.3, -0.25) is 9.55 Å². The van der Waals surface area contributed by atoms with Gasteiger partial charge in [0.05, 0.1) is 12.1 Å². The van der Waals surface area contributed by atoms with Gasteiger partial charge in [0.2, 0.25) is 0 Å². The van der Waals surface area contributed by atoms with E-state index in [0.29, 0.717) is 13.0 Å². The van der Waals surface area contributed by atoms with Crippen molar-refractivity contribution in [3.8, 4) is 0 Å². The molecule has 166 valence electrons. The second-order valence-corrected chi connectivity index (χ2v) is 8.65. The lowest BCUT2D eigenvalue weighted by Gasteiger charge is -2.11. The lowest BCUT2D eigenvalue weighted by Crippen LogP contribution is -2.16. The van der Waals surface area contributed by atoms with Gasteiger partial charge in [-0.1, -0.05) is 61.4 Å². The topological polar surface area (TPSA) is 71.5 Å². The highest BCUT2D eigenvalue weighted by molar-refractivity contribution is 7.32. The number of hydrogen-bond donors (Lipinski definition) is 2. The molecule has 0 amide bonds. The standard InChI is InChI=1S/C25H33N2O3P/c28-31(29)30-19-9-17-26-20-23-16-15-22(24-14-8-18-27-25(23)24)13-7-2-1-4-10-21-11-5-3-6-12-21/h3,5-6,8,11-12,14-16,18,26,31H,1-2,4,7,9-10,13,17,19-20H2,(H,28,29). The van der Waals surface area contributed by atoms with E-state index in [-0.39, 0.29) is 0 Å². The van der Waals surface area contributed by atoms with E-state index in [1.807, 2.05) is 12.3 Å². The fraction of sp³-hybridized carbons (Fsp3) is 0.400. The second-order valence-electron chi connectivity index (χ2n) is 7.83. The van der Waals surface area contributed by atoms with Gasteiger partial charge in [-0.2, -0.15) is 0 Å². The highest BCUT2D eigenvalue weighted by Gasteiger charge is 2.07. The molecule has 5 nitrogen and oxygen atoms in total. The van der Waals surface area contributed by atoms with Gasteiger partial charge in [0.15, 0.2) is 0 Å². The monoisotopic (exact) mass is 440 g/mol. The zero-order valence-corrected chi connectivity index (χ0v) is 19.1. The Hall–Kier alpha value is -2.04. The molecule has 0 aliphatic rings. The Bertz CT molecular complexity index is 950. The Kier molecular flexibility index (Phi) is 10.2. The van der Waals surface area contributed by atoms with E-state index in [1.165, 1.54) is 54.2 Å². The summed E-state index contributed by atoms with van der Waals surface area (Å²) >= 11 is 0. The molecule has 1 atom stereocenters. The lowest BCUT2D eigenvalue weighted by molar-refractivity contribution is 0.276. The summed E-state index contributed by atoms with van der Waals surface area (Å²) in [7, 11) is -2.82. The summed E-state index contributed by atoms with van der Waals surface area (Å²) in [6.45, 7) is 1.75. The SMILES string of the molecule is O=[PH](O)OCCCNCc1ccc(CCCCCCc2ccccc2)c2cccnc12. The minimum atomic E-state index is -2.82. The maximum Gasteiger partial charge on any atom is 0.316 e. The number of benzene rings is 2. The van der Waals surface area contributed by atoms with Crippen LogP contribution in [0.1, 0.15) is 48.8 Å². The first-order chi connectivity index (χ1) is 15.2. The molecule has 6 heteroatoms. The molecular formula is C25H33N2O3P. The van der Waals surface area contributed by atoms with Crippen molar-refractivity contribution in [2.45, 2.75) is 51.5 Å². The third kappa shape index (κ3) is 8.19. The minimum absolute atomic E-state index is 0.296. The molecule has 1 unspecified atom stereocenters. The van der Waals surface area contributed by atoms with E-state index in [2.05, 4.69) is 58.8 Å². The van der Waals surface area contributed by atoms with Crippen LogP contribution in [0.15, 0.2) is 60.8 Å². The molecule has 1 aromatic heterocycles. The summed E-state index contributed by atoms with van der Waals surface area (Å²) in [5.74, 6) is 0. The molecule has 2 aromatic carbocycles. The molecule has 0 aliphatic carbocycles. The Morgan fingerprint density at radius 3 is 2.45 bits per heavy atom. The molecule has 0 radical (unpaired) electrons. The van der Waals surface area contributed by atoms with Crippen molar-refractivity contribution in [2.75, 3.05) is 13.2 Å². The van der Waals surface area contributed by atoms with E-state index in [0.717, 1.165) is 25.0 Å². The molecule has 0 bridgehead atoms. The number of hydrogen-bond acceptors (Lipinski definition) is 4. The molecule has 0 saturated heterocycles. The largest absolute Gasteiger partial charge is 0.326 e. The maximum absolute atomic E-state index is 10.6. The van der Waals surface area contributed by atoms with Crippen molar-refractivity contribution in [2.24, 2.45) is 0 Å². The third-order valence-electron chi connectivity index (χ3n) is 5.49. The second kappa shape index (κ2) is 13.4. The van der Waals surface area contributed by atoms with E-state index in [4.69, 9.17) is 9.42 Å². The predicted octanol–water partition coefficient (Wildman–Crippen LogP) is 5.46. The van der Waals surface area contributed by atoms with Gasteiger partial charge < -0.3 is 14.7 Å². The molecule has 31 heavy (non-hydrogen) atoms. The Morgan fingerprint density at radius 2 is 1.65 bits per heavy atom. The van der Waals surface area contributed by atoms with Crippen molar-refractivity contribution >= 4 is 19.2 Å². The summed E-state index contributed by atoms with van der Waals surface area (Å²) in [5, 5.41) is 4.62. The van der Waals surface area contributed by atoms with Crippen LogP contribution in [0.2, 0.25) is 0 Å². The molecular weight excluding hydrogens is 407 g/mol. The summed E-state index contributed by atoms with van der Waals surface area (Å²) in [5.41, 5.74) is 5.05. The number of rotatable bonds is 14. The van der Waals surface area contributed by atoms with Crippen LogP contribution in [0.5, 0.6) is 0 Å². The number of pyridine rings is 1. The fourth-order valence-corrected chi connectivity index (χ4v) is 4.19. The van der Waals surface area contributed by atoms with Gasteiger partial charge in [0.1, 0.15) is 0 Å². The molecule has 0 aliphatic heterocycles. The van der Waals surface area contributed by atoms with Crippen LogP contribution in [-0.2, 0) is 28.5 Å². The van der Waals surface area contributed by atoms with Gasteiger partial charge in [0, 0.05) is 18.1 Å². The number of unbranched alkanes of at least 4 members (excludes halogenated alkanes) is 3. The quantitative estimate of drug-likeness (QED) is 0.257. The smallest absolute Gasteiger partial charge is 0.316 e. The average Bonchev–Trinajstić information content (AvgIpc) is 2.79. The molecule has 2 N–H and O–H groups in total. The van der Waals surface area contributed by atoms with Crippen LogP contribution in [0.4, 0.5) is 0 Å². The summed E-state index contributed by atoms with van der Waals surface area (Å²) in [6, 6.07) is 19.3. The lowest BCUT2D eigenvalue weighted by atomic mass is 9.98. The summed E-state index contributed by atoms with van der Waals surface area (Å²) < 4.78 is 15.3. The molecule has 3 rings (SSSR count). The highest BCUT2D eigenvalue weighted by atomic mass is 31.1. The van der Waals surface area contributed by atoms with Crippen LogP contribution < -0.4 is 5.32 Å². The Balaban J connectivity index is 1.44. The maximum atomic E-state index is 10.6. The van der Waals surface area contributed by atoms with E-state index < -0.39 is 8.25 Å². The van der Waals surface area contributed by atoms with Crippen LogP contribution in [0, 0.1) is 0 Å². The number of nitrogens with zero attached hydrogens (tertiary/aromatic N) is 1. The summed E-state index contributed by atoms with van der Waals surface area (Å²) in [6.07, 6.45) is 9.76. The summed E-state index contributed by atoms with van der Waals surface area (Å²) in [4.78, 5) is 13.3. The van der Waals surface area contributed by atoms with Crippen molar-refractivity contribution in [3.63, 3.8) is 0 Å². The molecule has 0 spiro atoms. The van der Waals surface area contributed by atoms with Crippen molar-refractivity contribution in [3.05, 3.63) is 77.5 Å². The third-order valence-corrected chi connectivity index (χ3v) is 5.94. The minimum Gasteiger partial charge on any atom is -0.326 e. The first kappa shape index (κ1) is 23.6. The Labute approximate surface area is 185 Å². The molecule has 0 saturated carbocycles. The van der Waals surface area contributed by atoms with Gasteiger partial charge >= 0.3 is 8.25 Å². The van der Waals surface area contributed by atoms with E-state index in [1.54, 1.807) is 0 Å². The van der Waals surface area contributed by atoms with Gasteiger partial charge in [-0.05, 0) is 61.4 Å². The zero-order chi connectivity index (χ0) is 21.7. The van der Waals surface area contributed by atoms with Crippen LogP contribution in [0.25, 0.3) is 10.9 Å². The van der Waals surface area contributed by atoms with Crippen LogP contribution in [-0.4, -0.2) is 23.0 Å². The van der Waals surface area contributed by atoms with Crippen molar-refractivity contribution in [1.82, 2.24) is 10.3 Å². The van der Waals surface area contributed by atoms with Gasteiger partial charge in [-0.25, -0.2) is 0 Å². The van der Waals surface area contributed by atoms with E-state index in [9.17, 15) is 4.57 Å². The fourth-order valence-electron chi connectivity index (χ4n) is 3.87. The van der Waals surface area contributed by atoms with Crippen molar-refractivity contribution < 1.29 is 14.0 Å². The molecule has 0 fully saturated rings. The number of aryl methyl sites for hydroxylation is 2. The molecule has 3 aromatic rings. The van der Waals surface area contributed by atoms with E-state index >= 15 is 0 Å². The number of aromatic nitrogens is 1. The zero-order valence-electron chi connectivity index (χ0n) is 18.1. The molecule has 1 heterocycles. The Morgan fingerprint density at radius 1 is 0.871 bits per heavy atom. The first-order valence-electron chi connectivity index (χ1n) is 11.2. The van der Waals surface area contributed by atoms with Gasteiger partial charge in [-0.15, -0.1) is 0 Å².